The summed E-state index contributed by atoms with van der Waals surface area (Å²) in [6.07, 6.45) is -5.01. The minimum absolute atomic E-state index is 0.0853. The molecule has 0 aromatic carbocycles. The number of ether oxygens (including phenoxy) is 2. The van der Waals surface area contributed by atoms with Gasteiger partial charge in [-0.2, -0.15) is 23.5 Å². The molecule has 1 fully saturated rings. The van der Waals surface area contributed by atoms with Crippen molar-refractivity contribution in [2.75, 3.05) is 13.1 Å². The predicted octanol–water partition coefficient (Wildman–Crippen LogP) is 4.95. The minimum atomic E-state index is -4.95. The Morgan fingerprint density at radius 3 is 2.42 bits per heavy atom. The van der Waals surface area contributed by atoms with Crippen LogP contribution >= 0.6 is 0 Å². The fourth-order valence-electron chi connectivity index (χ4n) is 4.55. The van der Waals surface area contributed by atoms with Gasteiger partial charge in [0.25, 0.3) is 0 Å². The molecule has 1 atom stereocenters. The standard InChI is InChI=1S/C28H30F4N8O3/c1-16(37-19-7-9-39(10-8-19)26(41)43-27(2,3)4)24(38-34)17-11-22-36-15-20(13-33)40(22)23(12-17)42-25(28(30,31)32)21-6-5-18(29)14-35-21/h5-6,11-12,14-15,19,25H,7-10,34H2,1-4H3/b37-16?,38-24+. The smallest absolute Gasteiger partial charge is 0.431 e. The van der Waals surface area contributed by atoms with Crippen LogP contribution in [0.5, 0.6) is 5.88 Å². The van der Waals surface area contributed by atoms with E-state index in [1.54, 1.807) is 32.6 Å². The van der Waals surface area contributed by atoms with Crippen molar-refractivity contribution in [1.82, 2.24) is 19.3 Å². The summed E-state index contributed by atoms with van der Waals surface area (Å²) in [5.74, 6) is 4.52. The Balaban J connectivity index is 1.64. The van der Waals surface area contributed by atoms with Gasteiger partial charge in [-0.1, -0.05) is 0 Å². The van der Waals surface area contributed by atoms with Gasteiger partial charge in [0.15, 0.2) is 0 Å². The fourth-order valence-corrected chi connectivity index (χ4v) is 4.55. The normalized spacial score (nSPS) is 16.2. The van der Waals surface area contributed by atoms with Crippen molar-refractivity contribution in [3.8, 4) is 11.9 Å². The van der Waals surface area contributed by atoms with Gasteiger partial charge in [-0.05, 0) is 58.7 Å². The maximum Gasteiger partial charge on any atom is 0.431 e. The molecule has 1 aliphatic rings. The number of alkyl halides is 3. The Bertz CT molecular complexity index is 1580. The van der Waals surface area contributed by atoms with E-state index in [0.29, 0.717) is 37.8 Å². The van der Waals surface area contributed by atoms with Gasteiger partial charge in [0.05, 0.1) is 29.8 Å². The highest BCUT2D eigenvalue weighted by molar-refractivity contribution is 6.47. The van der Waals surface area contributed by atoms with Gasteiger partial charge in [-0.15, -0.1) is 0 Å². The lowest BCUT2D eigenvalue weighted by Gasteiger charge is -2.32. The van der Waals surface area contributed by atoms with Crippen molar-refractivity contribution in [2.24, 2.45) is 15.9 Å². The van der Waals surface area contributed by atoms with Gasteiger partial charge in [-0.3, -0.25) is 14.4 Å². The van der Waals surface area contributed by atoms with Crippen LogP contribution in [0.4, 0.5) is 22.4 Å². The number of fused-ring (bicyclic) bond motifs is 1. The number of aliphatic imine (C=N–C) groups is 1. The summed E-state index contributed by atoms with van der Waals surface area (Å²) in [5.41, 5.74) is -0.401. The molecule has 0 radical (unpaired) electrons. The second-order valence-electron chi connectivity index (χ2n) is 10.9. The summed E-state index contributed by atoms with van der Waals surface area (Å²) in [5, 5.41) is 13.4. The third kappa shape index (κ3) is 7.37. The zero-order valence-electron chi connectivity index (χ0n) is 23.9. The largest absolute Gasteiger partial charge is 0.459 e. The second-order valence-corrected chi connectivity index (χ2v) is 10.9. The van der Waals surface area contributed by atoms with Crippen molar-refractivity contribution in [3.63, 3.8) is 0 Å². The van der Waals surface area contributed by atoms with Gasteiger partial charge >= 0.3 is 12.3 Å². The summed E-state index contributed by atoms with van der Waals surface area (Å²) in [6.45, 7) is 7.89. The van der Waals surface area contributed by atoms with Crippen LogP contribution in [0.1, 0.15) is 63.6 Å². The number of amides is 1. The molecule has 228 valence electrons. The summed E-state index contributed by atoms with van der Waals surface area (Å²) in [7, 11) is 0. The number of aromatic nitrogens is 3. The molecule has 15 heteroatoms. The first kappa shape index (κ1) is 31.2. The number of hydrogen-bond donors (Lipinski definition) is 1. The Kier molecular flexibility index (Phi) is 8.88. The van der Waals surface area contributed by atoms with Gasteiger partial charge < -0.3 is 20.2 Å². The van der Waals surface area contributed by atoms with Crippen LogP contribution in [0, 0.1) is 17.1 Å². The minimum Gasteiger partial charge on any atom is -0.459 e. The topological polar surface area (TPSA) is 143 Å². The summed E-state index contributed by atoms with van der Waals surface area (Å²) >= 11 is 0. The third-order valence-corrected chi connectivity index (χ3v) is 6.48. The number of nitrogens with two attached hydrogens (primary N) is 1. The van der Waals surface area contributed by atoms with Crippen LogP contribution in [0.15, 0.2) is 46.8 Å². The number of carbonyl (C=O) groups excluding carboxylic acids is 1. The number of piperidine rings is 1. The Morgan fingerprint density at radius 2 is 1.86 bits per heavy atom. The fraction of sp³-hybridized carbons (Fsp3) is 0.429. The van der Waals surface area contributed by atoms with Gasteiger partial charge in [-0.25, -0.2) is 14.2 Å². The first-order chi connectivity index (χ1) is 20.2. The molecule has 4 rings (SSSR count). The molecule has 0 saturated carbocycles. The maximum absolute atomic E-state index is 14.1. The van der Waals surface area contributed by atoms with Gasteiger partial charge in [0.1, 0.15) is 34.5 Å². The molecule has 2 N–H and O–H groups in total. The van der Waals surface area contributed by atoms with Crippen LogP contribution in [-0.4, -0.2) is 67.7 Å². The molecule has 0 spiro atoms. The number of imidazole rings is 1. The van der Waals surface area contributed by atoms with Crippen LogP contribution in [-0.2, 0) is 4.74 Å². The van der Waals surface area contributed by atoms with Crippen LogP contribution in [0.3, 0.4) is 0 Å². The molecule has 11 nitrogen and oxygen atoms in total. The lowest BCUT2D eigenvalue weighted by Crippen LogP contribution is -2.42. The number of halogens is 4. The Hall–Kier alpha value is -4.74. The quantitative estimate of drug-likeness (QED) is 0.182. The van der Waals surface area contributed by atoms with E-state index in [2.05, 4.69) is 15.1 Å². The first-order valence-electron chi connectivity index (χ1n) is 13.3. The van der Waals surface area contributed by atoms with Crippen molar-refractivity contribution >= 4 is 23.2 Å². The first-order valence-corrected chi connectivity index (χ1v) is 13.3. The molecule has 1 aliphatic heterocycles. The van der Waals surface area contributed by atoms with E-state index in [9.17, 15) is 27.6 Å². The highest BCUT2D eigenvalue weighted by atomic mass is 19.4. The number of nitriles is 1. The van der Waals surface area contributed by atoms with E-state index in [1.807, 2.05) is 6.07 Å². The molecule has 0 bridgehead atoms. The predicted molar refractivity (Wildman–Crippen MR) is 148 cm³/mol. The molecule has 1 saturated heterocycles. The van der Waals surface area contributed by atoms with E-state index in [-0.39, 0.29) is 28.7 Å². The zero-order chi connectivity index (χ0) is 31.5. The average molecular weight is 603 g/mol. The van der Waals surface area contributed by atoms with Crippen LogP contribution in [0.2, 0.25) is 0 Å². The van der Waals surface area contributed by atoms with Crippen LogP contribution in [0.25, 0.3) is 5.65 Å². The molecular formula is C28H30F4N8O3. The van der Waals surface area contributed by atoms with Crippen molar-refractivity contribution in [1.29, 1.82) is 5.26 Å². The number of nitrogens with zero attached hydrogens (tertiary/aromatic N) is 7. The van der Waals surface area contributed by atoms with E-state index in [1.165, 1.54) is 18.3 Å². The van der Waals surface area contributed by atoms with Crippen molar-refractivity contribution in [2.45, 2.75) is 64.5 Å². The number of hydrogen-bond acceptors (Lipinski definition) is 9. The maximum atomic E-state index is 14.1. The molecule has 3 aromatic rings. The number of pyridine rings is 2. The number of rotatable bonds is 6. The van der Waals surface area contributed by atoms with Gasteiger partial charge in [0.2, 0.25) is 12.0 Å². The van der Waals surface area contributed by atoms with E-state index in [4.69, 9.17) is 20.3 Å². The monoisotopic (exact) mass is 602 g/mol. The summed E-state index contributed by atoms with van der Waals surface area (Å²) in [6, 6.07) is 6.13. The van der Waals surface area contributed by atoms with Crippen molar-refractivity contribution < 1.29 is 31.8 Å². The van der Waals surface area contributed by atoms with E-state index in [0.717, 1.165) is 16.5 Å². The highest BCUT2D eigenvalue weighted by Crippen LogP contribution is 2.37. The molecule has 3 aromatic heterocycles. The Morgan fingerprint density at radius 1 is 1.16 bits per heavy atom. The number of carbonyl (C=O) groups is 1. The SMILES string of the molecule is CC(=NC1CCN(C(=O)OC(C)(C)C)CC1)/C(=N\N)c1cc(OC(c2ccc(F)cn2)C(F)(F)F)n2c(C#N)cnc2c1. The third-order valence-electron chi connectivity index (χ3n) is 6.48. The average Bonchev–Trinajstić information content (AvgIpc) is 3.35. The number of hydrazone groups is 1. The number of likely N-dealkylation sites (tertiary alicyclic amines) is 1. The molecule has 0 aliphatic carbocycles. The lowest BCUT2D eigenvalue weighted by atomic mass is 10.0. The molecule has 43 heavy (non-hydrogen) atoms. The second kappa shape index (κ2) is 12.2. The van der Waals surface area contributed by atoms with E-state index >= 15 is 0 Å². The van der Waals surface area contributed by atoms with Crippen LogP contribution < -0.4 is 10.6 Å². The lowest BCUT2D eigenvalue weighted by molar-refractivity contribution is -0.200. The molecular weight excluding hydrogens is 572 g/mol. The van der Waals surface area contributed by atoms with Crippen molar-refractivity contribution in [3.05, 3.63) is 59.4 Å². The molecule has 1 unspecified atom stereocenters. The highest BCUT2D eigenvalue weighted by Gasteiger charge is 2.44. The van der Waals surface area contributed by atoms with E-state index < -0.39 is 41.4 Å². The van der Waals surface area contributed by atoms with Gasteiger partial charge in [0, 0.05) is 24.7 Å². The molecule has 1 amide bonds. The molecule has 4 heterocycles. The Labute approximate surface area is 244 Å². The summed E-state index contributed by atoms with van der Waals surface area (Å²) in [4.78, 5) is 26.4. The summed E-state index contributed by atoms with van der Waals surface area (Å²) < 4.78 is 67.7. The zero-order valence-corrected chi connectivity index (χ0v) is 23.9.